The molecule has 0 heterocycles. The highest BCUT2D eigenvalue weighted by Crippen LogP contribution is 2.27. The van der Waals surface area contributed by atoms with Crippen LogP contribution in [0.3, 0.4) is 0 Å². The minimum atomic E-state index is -5.14. The van der Waals surface area contributed by atoms with Gasteiger partial charge >= 0.3 is 12.5 Å². The maximum absolute atomic E-state index is 12.7. The first-order valence-electron chi connectivity index (χ1n) is 3.73. The second-order valence-electron chi connectivity index (χ2n) is 2.66. The van der Waals surface area contributed by atoms with Crippen LogP contribution in [0.5, 0.6) is 5.75 Å². The van der Waals surface area contributed by atoms with E-state index in [1.165, 1.54) is 0 Å². The van der Waals surface area contributed by atoms with Crippen LogP contribution in [0, 0.1) is 5.82 Å². The SMILES string of the molecule is Nc1ccc(OC(F)C(F)(F)F)cc1F. The number of benzene rings is 1. The summed E-state index contributed by atoms with van der Waals surface area (Å²) in [4.78, 5) is 0. The highest BCUT2D eigenvalue weighted by Gasteiger charge is 2.42. The molecule has 7 heteroatoms. The molecule has 0 fully saturated rings. The predicted octanol–water partition coefficient (Wildman–Crippen LogP) is 2.64. The van der Waals surface area contributed by atoms with E-state index in [9.17, 15) is 22.0 Å². The van der Waals surface area contributed by atoms with Gasteiger partial charge in [0.1, 0.15) is 11.6 Å². The summed E-state index contributed by atoms with van der Waals surface area (Å²) in [5.74, 6) is -1.55. The summed E-state index contributed by atoms with van der Waals surface area (Å²) in [7, 11) is 0. The molecule has 0 radical (unpaired) electrons. The molecule has 1 atom stereocenters. The van der Waals surface area contributed by atoms with Crippen LogP contribution in [0.15, 0.2) is 18.2 Å². The second kappa shape index (κ2) is 3.92. The highest BCUT2D eigenvalue weighted by atomic mass is 19.4. The molecule has 0 spiro atoms. The third-order valence-corrected chi connectivity index (χ3v) is 1.47. The van der Waals surface area contributed by atoms with Crippen molar-refractivity contribution in [3.05, 3.63) is 24.0 Å². The van der Waals surface area contributed by atoms with Gasteiger partial charge in [-0.05, 0) is 12.1 Å². The lowest BCUT2D eigenvalue weighted by Gasteiger charge is -2.14. The monoisotopic (exact) mass is 227 g/mol. The number of hydrogen-bond donors (Lipinski definition) is 1. The van der Waals surface area contributed by atoms with Gasteiger partial charge in [0, 0.05) is 6.07 Å². The largest absolute Gasteiger partial charge is 0.457 e. The Morgan fingerprint density at radius 1 is 1.27 bits per heavy atom. The lowest BCUT2D eigenvalue weighted by molar-refractivity contribution is -0.236. The number of anilines is 1. The molecule has 2 N–H and O–H groups in total. The molecule has 84 valence electrons. The maximum atomic E-state index is 12.7. The fraction of sp³-hybridized carbons (Fsp3) is 0.250. The molecule has 0 saturated heterocycles. The van der Waals surface area contributed by atoms with E-state index in [2.05, 4.69) is 4.74 Å². The van der Waals surface area contributed by atoms with Gasteiger partial charge in [0.15, 0.2) is 0 Å². The molecule has 0 aliphatic rings. The van der Waals surface area contributed by atoms with Crippen molar-refractivity contribution in [2.45, 2.75) is 12.5 Å². The number of ether oxygens (including phenoxy) is 1. The number of hydrogen-bond acceptors (Lipinski definition) is 2. The summed E-state index contributed by atoms with van der Waals surface area (Å²) < 4.78 is 64.0. The third-order valence-electron chi connectivity index (χ3n) is 1.47. The molecular weight excluding hydrogens is 221 g/mol. The Balaban J connectivity index is 2.78. The zero-order chi connectivity index (χ0) is 11.6. The maximum Gasteiger partial charge on any atom is 0.457 e. The van der Waals surface area contributed by atoms with E-state index in [-0.39, 0.29) is 5.69 Å². The van der Waals surface area contributed by atoms with Gasteiger partial charge in [-0.1, -0.05) is 0 Å². The van der Waals surface area contributed by atoms with E-state index in [1.807, 2.05) is 0 Å². The Kier molecular flexibility index (Phi) is 3.01. The van der Waals surface area contributed by atoms with Crippen LogP contribution < -0.4 is 10.5 Å². The number of rotatable bonds is 2. The van der Waals surface area contributed by atoms with Crippen LogP contribution in [0.2, 0.25) is 0 Å². The Morgan fingerprint density at radius 3 is 2.33 bits per heavy atom. The lowest BCUT2D eigenvalue weighted by Crippen LogP contribution is -2.29. The first-order valence-corrected chi connectivity index (χ1v) is 3.73. The topological polar surface area (TPSA) is 35.2 Å². The second-order valence-corrected chi connectivity index (χ2v) is 2.66. The Morgan fingerprint density at radius 2 is 1.87 bits per heavy atom. The fourth-order valence-electron chi connectivity index (χ4n) is 0.767. The van der Waals surface area contributed by atoms with Crippen molar-refractivity contribution in [1.29, 1.82) is 0 Å². The average Bonchev–Trinajstić information content (AvgIpc) is 2.10. The van der Waals surface area contributed by atoms with E-state index in [1.54, 1.807) is 0 Å². The molecule has 0 bridgehead atoms. The smallest absolute Gasteiger partial charge is 0.452 e. The zero-order valence-electron chi connectivity index (χ0n) is 7.18. The molecule has 0 aliphatic heterocycles. The van der Waals surface area contributed by atoms with Crippen LogP contribution in [0.1, 0.15) is 0 Å². The van der Waals surface area contributed by atoms with Gasteiger partial charge < -0.3 is 10.5 Å². The van der Waals surface area contributed by atoms with Gasteiger partial charge in [0.2, 0.25) is 0 Å². The molecule has 1 aromatic rings. The van der Waals surface area contributed by atoms with Crippen LogP contribution in [0.4, 0.5) is 27.6 Å². The van der Waals surface area contributed by atoms with Gasteiger partial charge in [-0.25, -0.2) is 4.39 Å². The van der Waals surface area contributed by atoms with Crippen molar-refractivity contribution in [3.8, 4) is 5.75 Å². The molecule has 0 aromatic heterocycles. The van der Waals surface area contributed by atoms with Crippen molar-refractivity contribution < 1.29 is 26.7 Å². The molecule has 2 nitrogen and oxygen atoms in total. The quantitative estimate of drug-likeness (QED) is 0.622. The van der Waals surface area contributed by atoms with Crippen molar-refractivity contribution in [3.63, 3.8) is 0 Å². The number of nitrogens with two attached hydrogens (primary N) is 1. The Hall–Kier alpha value is -1.53. The summed E-state index contributed by atoms with van der Waals surface area (Å²) in [5.41, 5.74) is 4.80. The van der Waals surface area contributed by atoms with Crippen molar-refractivity contribution in [2.75, 3.05) is 5.73 Å². The minimum Gasteiger partial charge on any atom is -0.452 e. The highest BCUT2D eigenvalue weighted by molar-refractivity contribution is 5.43. The summed E-state index contributed by atoms with van der Waals surface area (Å²) in [6.45, 7) is 0. The minimum absolute atomic E-state index is 0.259. The third kappa shape index (κ3) is 2.97. The summed E-state index contributed by atoms with van der Waals surface area (Å²) >= 11 is 0. The molecule has 15 heavy (non-hydrogen) atoms. The van der Waals surface area contributed by atoms with Crippen molar-refractivity contribution >= 4 is 5.69 Å². The van der Waals surface area contributed by atoms with E-state index in [0.717, 1.165) is 12.1 Å². The van der Waals surface area contributed by atoms with Gasteiger partial charge in [-0.2, -0.15) is 17.6 Å². The molecule has 0 aliphatic carbocycles. The van der Waals surface area contributed by atoms with Crippen LogP contribution in [-0.4, -0.2) is 12.5 Å². The first-order chi connectivity index (χ1) is 6.80. The molecule has 0 amide bonds. The lowest BCUT2D eigenvalue weighted by atomic mass is 10.3. The van der Waals surface area contributed by atoms with Gasteiger partial charge in [-0.15, -0.1) is 0 Å². The summed E-state index contributed by atoms with van der Waals surface area (Å²) in [5, 5.41) is 0. The molecule has 1 unspecified atom stereocenters. The summed E-state index contributed by atoms with van der Waals surface area (Å²) in [6.07, 6.45) is -8.63. The normalized spacial score (nSPS) is 13.7. The summed E-state index contributed by atoms with van der Waals surface area (Å²) in [6, 6.07) is 2.50. The fourth-order valence-corrected chi connectivity index (χ4v) is 0.767. The van der Waals surface area contributed by atoms with Crippen molar-refractivity contribution in [1.82, 2.24) is 0 Å². The van der Waals surface area contributed by atoms with E-state index in [4.69, 9.17) is 5.73 Å². The standard InChI is InChI=1S/C8H6F5NO/c9-5-3-4(1-2-6(5)14)15-7(10)8(11,12)13/h1-3,7H,14H2. The zero-order valence-corrected chi connectivity index (χ0v) is 7.18. The van der Waals surface area contributed by atoms with Gasteiger partial charge in [0.05, 0.1) is 5.69 Å². The Bertz CT molecular complexity index is 351. The Labute approximate surface area is 81.4 Å². The number of halogens is 5. The molecule has 0 saturated carbocycles. The first kappa shape index (κ1) is 11.5. The van der Waals surface area contributed by atoms with Crippen LogP contribution in [-0.2, 0) is 0 Å². The molecule has 1 aromatic carbocycles. The van der Waals surface area contributed by atoms with Gasteiger partial charge in [-0.3, -0.25) is 0 Å². The number of alkyl halides is 4. The van der Waals surface area contributed by atoms with Crippen LogP contribution >= 0.6 is 0 Å². The van der Waals surface area contributed by atoms with Gasteiger partial charge in [0.25, 0.3) is 0 Å². The van der Waals surface area contributed by atoms with E-state index in [0.29, 0.717) is 6.07 Å². The van der Waals surface area contributed by atoms with Crippen LogP contribution in [0.25, 0.3) is 0 Å². The molecular formula is C8H6F5NO. The number of nitrogen functional groups attached to an aromatic ring is 1. The predicted molar refractivity (Wildman–Crippen MR) is 42.4 cm³/mol. The van der Waals surface area contributed by atoms with E-state index >= 15 is 0 Å². The van der Waals surface area contributed by atoms with Crippen molar-refractivity contribution in [2.24, 2.45) is 0 Å². The average molecular weight is 227 g/mol. The molecule has 1 rings (SSSR count). The van der Waals surface area contributed by atoms with E-state index < -0.39 is 24.1 Å².